The number of nitrogens with zero attached hydrogens (tertiary/aromatic N) is 1. The lowest BCUT2D eigenvalue weighted by molar-refractivity contribution is -0.129. The zero-order valence-corrected chi connectivity index (χ0v) is 14.6. The highest BCUT2D eigenvalue weighted by molar-refractivity contribution is 6.13. The summed E-state index contributed by atoms with van der Waals surface area (Å²) in [5.41, 5.74) is 1.01. The smallest absolute Gasteiger partial charge is 0.363 e. The molecule has 0 unspecified atom stereocenters. The van der Waals surface area contributed by atoms with Gasteiger partial charge in [0.25, 0.3) is 0 Å². The van der Waals surface area contributed by atoms with Crippen LogP contribution in [-0.4, -0.2) is 18.5 Å². The number of halogens is 1. The van der Waals surface area contributed by atoms with E-state index in [0.717, 1.165) is 24.8 Å². The second kappa shape index (κ2) is 8.43. The highest BCUT2D eigenvalue weighted by Gasteiger charge is 2.26. The van der Waals surface area contributed by atoms with E-state index in [-0.39, 0.29) is 17.2 Å². The third-order valence-corrected chi connectivity index (χ3v) is 3.94. The van der Waals surface area contributed by atoms with Gasteiger partial charge in [-0.25, -0.2) is 14.2 Å². The Morgan fingerprint density at radius 3 is 2.69 bits per heavy atom. The van der Waals surface area contributed by atoms with Crippen LogP contribution >= 0.6 is 0 Å². The number of rotatable bonds is 7. The van der Waals surface area contributed by atoms with Crippen LogP contribution in [0.15, 0.2) is 59.2 Å². The summed E-state index contributed by atoms with van der Waals surface area (Å²) in [5, 5.41) is 0. The molecule has 0 radical (unpaired) electrons. The lowest BCUT2D eigenvalue weighted by Gasteiger charge is -2.08. The number of aliphatic imine (C=N–C) groups is 1. The van der Waals surface area contributed by atoms with Crippen molar-refractivity contribution < 1.29 is 18.7 Å². The fourth-order valence-electron chi connectivity index (χ4n) is 2.57. The van der Waals surface area contributed by atoms with Crippen LogP contribution in [0, 0.1) is 5.82 Å². The van der Waals surface area contributed by atoms with Crippen LogP contribution in [0.5, 0.6) is 5.75 Å². The number of benzene rings is 2. The molecule has 0 amide bonds. The number of cyclic esters (lactones) is 1. The van der Waals surface area contributed by atoms with Crippen LogP contribution in [0.2, 0.25) is 0 Å². The maximum absolute atomic E-state index is 13.9. The fourth-order valence-corrected chi connectivity index (χ4v) is 2.57. The first-order valence-electron chi connectivity index (χ1n) is 8.68. The number of esters is 1. The summed E-state index contributed by atoms with van der Waals surface area (Å²) in [6, 6.07) is 13.5. The maximum atomic E-state index is 13.9. The van der Waals surface area contributed by atoms with Gasteiger partial charge >= 0.3 is 5.97 Å². The minimum Gasteiger partial charge on any atom is -0.493 e. The number of carbonyl (C=O) groups excluding carboxylic acids is 1. The molecule has 0 bridgehead atoms. The lowest BCUT2D eigenvalue weighted by atomic mass is 10.1. The summed E-state index contributed by atoms with van der Waals surface area (Å²) in [6.45, 7) is 2.75. The molecule has 0 aliphatic carbocycles. The molecule has 0 aromatic heterocycles. The van der Waals surface area contributed by atoms with Crippen molar-refractivity contribution in [3.05, 3.63) is 71.2 Å². The van der Waals surface area contributed by atoms with E-state index in [2.05, 4.69) is 11.9 Å². The summed E-state index contributed by atoms with van der Waals surface area (Å²) in [5.74, 6) is -0.442. The number of hydrogen-bond acceptors (Lipinski definition) is 4. The van der Waals surface area contributed by atoms with Crippen LogP contribution in [0.25, 0.3) is 6.08 Å². The normalized spacial score (nSPS) is 15.1. The largest absolute Gasteiger partial charge is 0.493 e. The van der Waals surface area contributed by atoms with Crippen LogP contribution < -0.4 is 4.74 Å². The van der Waals surface area contributed by atoms with E-state index in [1.807, 2.05) is 24.3 Å². The van der Waals surface area contributed by atoms with Gasteiger partial charge in [-0.1, -0.05) is 50.1 Å². The molecular formula is C21H20FNO3. The number of ether oxygens (including phenoxy) is 2. The predicted molar refractivity (Wildman–Crippen MR) is 98.5 cm³/mol. The topological polar surface area (TPSA) is 47.9 Å². The molecule has 0 atom stereocenters. The Balaban J connectivity index is 1.84. The van der Waals surface area contributed by atoms with E-state index in [1.165, 1.54) is 12.1 Å². The minimum atomic E-state index is -0.607. The minimum absolute atomic E-state index is 0.0271. The monoisotopic (exact) mass is 353 g/mol. The second-order valence-corrected chi connectivity index (χ2v) is 5.91. The molecule has 4 nitrogen and oxygen atoms in total. The Morgan fingerprint density at radius 1 is 1.12 bits per heavy atom. The van der Waals surface area contributed by atoms with Gasteiger partial charge < -0.3 is 9.47 Å². The SMILES string of the molecule is CCCCCOc1ccccc1C=C1N=C(c2ccccc2F)OC1=O. The maximum Gasteiger partial charge on any atom is 0.363 e. The number of hydrogen-bond donors (Lipinski definition) is 0. The molecule has 26 heavy (non-hydrogen) atoms. The molecule has 1 aliphatic heterocycles. The summed E-state index contributed by atoms with van der Waals surface area (Å²) in [4.78, 5) is 16.3. The Labute approximate surface area is 152 Å². The van der Waals surface area contributed by atoms with Crippen molar-refractivity contribution in [2.75, 3.05) is 6.61 Å². The molecule has 0 fully saturated rings. The van der Waals surface area contributed by atoms with Crippen molar-refractivity contribution in [3.8, 4) is 5.75 Å². The first kappa shape index (κ1) is 17.9. The molecular weight excluding hydrogens is 333 g/mol. The molecule has 2 aromatic carbocycles. The average molecular weight is 353 g/mol. The van der Waals surface area contributed by atoms with Gasteiger partial charge in [-0.05, 0) is 30.7 Å². The second-order valence-electron chi connectivity index (χ2n) is 5.91. The molecule has 5 heteroatoms. The van der Waals surface area contributed by atoms with Gasteiger partial charge in [-0.15, -0.1) is 0 Å². The van der Waals surface area contributed by atoms with Crippen LogP contribution in [0.1, 0.15) is 37.3 Å². The third kappa shape index (κ3) is 4.17. The zero-order chi connectivity index (χ0) is 18.4. The third-order valence-electron chi connectivity index (χ3n) is 3.94. The Morgan fingerprint density at radius 2 is 1.88 bits per heavy atom. The average Bonchev–Trinajstić information content (AvgIpc) is 3.01. The molecule has 0 saturated heterocycles. The highest BCUT2D eigenvalue weighted by atomic mass is 19.1. The molecule has 2 aromatic rings. The molecule has 0 saturated carbocycles. The van der Waals surface area contributed by atoms with E-state index in [4.69, 9.17) is 9.47 Å². The van der Waals surface area contributed by atoms with Gasteiger partial charge in [0.05, 0.1) is 12.2 Å². The standard InChI is InChI=1S/C21H20FNO3/c1-2-3-8-13-25-19-12-7-4-9-15(19)14-18-21(24)26-20(23-18)16-10-5-6-11-17(16)22/h4-7,9-12,14H,2-3,8,13H2,1H3. The molecule has 134 valence electrons. The summed E-state index contributed by atoms with van der Waals surface area (Å²) in [7, 11) is 0. The van der Waals surface area contributed by atoms with Crippen molar-refractivity contribution >= 4 is 17.9 Å². The molecule has 3 rings (SSSR count). The van der Waals surface area contributed by atoms with Crippen molar-refractivity contribution in [1.82, 2.24) is 0 Å². The first-order valence-corrected chi connectivity index (χ1v) is 8.68. The van der Waals surface area contributed by atoms with Crippen LogP contribution in [0.4, 0.5) is 4.39 Å². The predicted octanol–water partition coefficient (Wildman–Crippen LogP) is 4.74. The molecule has 0 N–H and O–H groups in total. The summed E-state index contributed by atoms with van der Waals surface area (Å²) in [6.07, 6.45) is 4.80. The van der Waals surface area contributed by atoms with Crippen molar-refractivity contribution in [1.29, 1.82) is 0 Å². The van der Waals surface area contributed by atoms with Crippen molar-refractivity contribution in [2.24, 2.45) is 4.99 Å². The Kier molecular flexibility index (Phi) is 5.79. The Hall–Kier alpha value is -2.95. The van der Waals surface area contributed by atoms with E-state index in [9.17, 15) is 9.18 Å². The van der Waals surface area contributed by atoms with E-state index < -0.39 is 11.8 Å². The quantitative estimate of drug-likeness (QED) is 0.410. The van der Waals surface area contributed by atoms with Gasteiger partial charge in [0.1, 0.15) is 11.6 Å². The van der Waals surface area contributed by atoms with Crippen molar-refractivity contribution in [3.63, 3.8) is 0 Å². The fraction of sp³-hybridized carbons (Fsp3) is 0.238. The first-order chi connectivity index (χ1) is 12.7. The Bertz CT molecular complexity index is 858. The van der Waals surface area contributed by atoms with Gasteiger partial charge in [0.15, 0.2) is 5.70 Å². The molecule has 0 spiro atoms. The number of carbonyl (C=O) groups is 1. The number of para-hydroxylation sites is 1. The molecule has 1 aliphatic rings. The summed E-state index contributed by atoms with van der Waals surface area (Å²) < 4.78 is 24.8. The van der Waals surface area contributed by atoms with Crippen LogP contribution in [0.3, 0.4) is 0 Å². The van der Waals surface area contributed by atoms with Gasteiger partial charge in [0.2, 0.25) is 5.90 Å². The highest BCUT2D eigenvalue weighted by Crippen LogP contribution is 2.25. The van der Waals surface area contributed by atoms with Gasteiger partial charge in [-0.2, -0.15) is 0 Å². The van der Waals surface area contributed by atoms with E-state index in [1.54, 1.807) is 18.2 Å². The van der Waals surface area contributed by atoms with E-state index >= 15 is 0 Å². The number of unbranched alkanes of at least 4 members (excludes halogenated alkanes) is 2. The molecule has 1 heterocycles. The zero-order valence-electron chi connectivity index (χ0n) is 14.6. The van der Waals surface area contributed by atoms with Crippen molar-refractivity contribution in [2.45, 2.75) is 26.2 Å². The van der Waals surface area contributed by atoms with Crippen LogP contribution in [-0.2, 0) is 9.53 Å². The van der Waals surface area contributed by atoms with Gasteiger partial charge in [0, 0.05) is 5.56 Å². The summed E-state index contributed by atoms with van der Waals surface area (Å²) >= 11 is 0. The van der Waals surface area contributed by atoms with Gasteiger partial charge in [-0.3, -0.25) is 0 Å². The van der Waals surface area contributed by atoms with E-state index in [0.29, 0.717) is 12.4 Å². The lowest BCUT2D eigenvalue weighted by Crippen LogP contribution is -2.07.